The molecule has 2 aromatic heterocycles. The third-order valence-corrected chi connectivity index (χ3v) is 3.39. The highest BCUT2D eigenvalue weighted by Gasteiger charge is 2.14. The summed E-state index contributed by atoms with van der Waals surface area (Å²) >= 11 is 0. The van der Waals surface area contributed by atoms with Crippen LogP contribution in [0.3, 0.4) is 0 Å². The van der Waals surface area contributed by atoms with Crippen molar-refractivity contribution < 1.29 is 4.42 Å². The van der Waals surface area contributed by atoms with Crippen LogP contribution in [0.4, 0.5) is 0 Å². The smallest absolute Gasteiger partial charge is 0.135 e. The average Bonchev–Trinajstić information content (AvgIpc) is 2.86. The highest BCUT2D eigenvalue weighted by Crippen LogP contribution is 2.36. The summed E-state index contributed by atoms with van der Waals surface area (Å²) in [6.07, 6.45) is 0. The summed E-state index contributed by atoms with van der Waals surface area (Å²) in [5.74, 6) is 0. The average molecular weight is 210 g/mol. The third-order valence-electron chi connectivity index (χ3n) is 3.39. The van der Waals surface area contributed by atoms with Crippen molar-refractivity contribution in [2.24, 2.45) is 0 Å². The van der Waals surface area contributed by atoms with Crippen LogP contribution in [0.25, 0.3) is 22.3 Å². The number of benzene rings is 2. The minimum atomic E-state index is 0.963. The van der Waals surface area contributed by atoms with Gasteiger partial charge in [-0.1, -0.05) is 12.1 Å². The maximum Gasteiger partial charge on any atom is 0.135 e. The van der Waals surface area contributed by atoms with E-state index < -0.39 is 0 Å². The van der Waals surface area contributed by atoms with E-state index in [1.807, 2.05) is 12.1 Å². The molecule has 3 rings (SSSR count). The van der Waals surface area contributed by atoms with Gasteiger partial charge in [-0.05, 0) is 61.2 Å². The van der Waals surface area contributed by atoms with Gasteiger partial charge in [-0.25, -0.2) is 0 Å². The molecule has 0 aliphatic heterocycles. The van der Waals surface area contributed by atoms with E-state index in [2.05, 4.69) is 39.0 Å². The molecule has 0 saturated heterocycles. The molecule has 0 spiro atoms. The highest BCUT2D eigenvalue weighted by molar-refractivity contribution is 5.88. The molecule has 2 heterocycles. The van der Waals surface area contributed by atoms with Gasteiger partial charge in [0.25, 0.3) is 0 Å². The summed E-state index contributed by atoms with van der Waals surface area (Å²) in [6.45, 7) is 6.49. The van der Waals surface area contributed by atoms with Gasteiger partial charge in [0.1, 0.15) is 11.2 Å². The quantitative estimate of drug-likeness (QED) is 0.577. The van der Waals surface area contributed by atoms with E-state index >= 15 is 0 Å². The molecule has 0 amide bonds. The number of furan rings is 2. The maximum atomic E-state index is 5.62. The van der Waals surface area contributed by atoms with Gasteiger partial charge in [0.15, 0.2) is 0 Å². The van der Waals surface area contributed by atoms with E-state index in [-0.39, 0.29) is 0 Å². The first-order chi connectivity index (χ1) is 7.66. The Bertz CT molecular complexity index is 646. The summed E-state index contributed by atoms with van der Waals surface area (Å²) in [5, 5.41) is 0. The Hall–Kier alpha value is -1.76. The van der Waals surface area contributed by atoms with Crippen molar-refractivity contribution in [3.05, 3.63) is 47.0 Å². The van der Waals surface area contributed by atoms with Gasteiger partial charge in [0, 0.05) is 5.56 Å². The molecule has 0 unspecified atom stereocenters. The second-order valence-electron chi connectivity index (χ2n) is 4.46. The largest absolute Gasteiger partial charge is 0.457 e. The second kappa shape index (κ2) is 3.11. The molecule has 80 valence electrons. The van der Waals surface area contributed by atoms with Gasteiger partial charge in [0.05, 0.1) is 0 Å². The molecule has 0 atom stereocenters. The summed E-state index contributed by atoms with van der Waals surface area (Å²) in [4.78, 5) is 0. The van der Waals surface area contributed by atoms with Gasteiger partial charge in [-0.15, -0.1) is 0 Å². The molecular weight excluding hydrogens is 196 g/mol. The van der Waals surface area contributed by atoms with Gasteiger partial charge in [-0.2, -0.15) is 0 Å². The van der Waals surface area contributed by atoms with Crippen LogP contribution in [0.2, 0.25) is 0 Å². The molecule has 0 aliphatic carbocycles. The summed E-state index contributed by atoms with van der Waals surface area (Å²) in [5.41, 5.74) is 8.51. The lowest BCUT2D eigenvalue weighted by Gasteiger charge is -2.11. The molecule has 1 aromatic carbocycles. The van der Waals surface area contributed by atoms with Crippen LogP contribution < -0.4 is 0 Å². The first-order valence-electron chi connectivity index (χ1n) is 5.56. The topological polar surface area (TPSA) is 13.1 Å². The van der Waals surface area contributed by atoms with Crippen LogP contribution in [0.1, 0.15) is 16.7 Å². The monoisotopic (exact) mass is 210 g/mol. The van der Waals surface area contributed by atoms with Crippen LogP contribution in [-0.2, 0) is 0 Å². The molecule has 3 aromatic rings. The third kappa shape index (κ3) is 1.18. The fourth-order valence-corrected chi connectivity index (χ4v) is 2.35. The van der Waals surface area contributed by atoms with Gasteiger partial charge in [0.2, 0.25) is 0 Å². The Morgan fingerprint density at radius 3 is 2.25 bits per heavy atom. The van der Waals surface area contributed by atoms with Crippen LogP contribution >= 0.6 is 0 Å². The van der Waals surface area contributed by atoms with Crippen LogP contribution in [-0.4, -0.2) is 0 Å². The van der Waals surface area contributed by atoms with Gasteiger partial charge < -0.3 is 4.42 Å². The first-order valence-corrected chi connectivity index (χ1v) is 5.56. The van der Waals surface area contributed by atoms with Crippen molar-refractivity contribution in [3.63, 3.8) is 0 Å². The Balaban J connectivity index is 2.34. The standard InChI is InChI=1S/C15H14O/c1-9-4-5-10(2)15(11(9)3)13-8-12-6-7-14(13)16-12/h4-8H,1-3H3. The van der Waals surface area contributed by atoms with E-state index in [9.17, 15) is 0 Å². The minimum absolute atomic E-state index is 0.963. The molecule has 0 aliphatic rings. The van der Waals surface area contributed by atoms with Crippen molar-refractivity contribution in [1.29, 1.82) is 0 Å². The zero-order chi connectivity index (χ0) is 11.3. The molecule has 1 heteroatoms. The van der Waals surface area contributed by atoms with E-state index in [0.29, 0.717) is 0 Å². The van der Waals surface area contributed by atoms with Crippen LogP contribution in [0.5, 0.6) is 0 Å². The van der Waals surface area contributed by atoms with Crippen molar-refractivity contribution in [2.45, 2.75) is 20.8 Å². The summed E-state index contributed by atoms with van der Waals surface area (Å²) in [7, 11) is 0. The zero-order valence-electron chi connectivity index (χ0n) is 9.79. The Labute approximate surface area is 95.0 Å². The second-order valence-corrected chi connectivity index (χ2v) is 4.46. The van der Waals surface area contributed by atoms with Crippen molar-refractivity contribution in [3.8, 4) is 11.1 Å². The number of fused-ring (bicyclic) bond motifs is 2. The Kier molecular flexibility index (Phi) is 1.84. The molecule has 0 radical (unpaired) electrons. The molecule has 0 fully saturated rings. The van der Waals surface area contributed by atoms with Crippen LogP contribution in [0, 0.1) is 20.8 Å². The normalized spacial score (nSPS) is 11.4. The maximum absolute atomic E-state index is 5.62. The summed E-state index contributed by atoms with van der Waals surface area (Å²) in [6, 6.07) is 10.5. The predicted octanol–water partition coefficient (Wildman–Crippen LogP) is 4.46. The zero-order valence-corrected chi connectivity index (χ0v) is 9.79. The van der Waals surface area contributed by atoms with Gasteiger partial charge >= 0.3 is 0 Å². The number of hydrogen-bond donors (Lipinski definition) is 0. The Morgan fingerprint density at radius 2 is 1.62 bits per heavy atom. The van der Waals surface area contributed by atoms with Crippen molar-refractivity contribution >= 4 is 11.2 Å². The lowest BCUT2D eigenvalue weighted by molar-refractivity contribution is 0.676. The minimum Gasteiger partial charge on any atom is -0.457 e. The van der Waals surface area contributed by atoms with Gasteiger partial charge in [-0.3, -0.25) is 0 Å². The van der Waals surface area contributed by atoms with Crippen molar-refractivity contribution in [2.75, 3.05) is 0 Å². The lowest BCUT2D eigenvalue weighted by atomic mass is 9.93. The number of hydrogen-bond acceptors (Lipinski definition) is 1. The van der Waals surface area contributed by atoms with Crippen LogP contribution in [0.15, 0.2) is 34.7 Å². The predicted molar refractivity (Wildman–Crippen MR) is 67.0 cm³/mol. The number of aryl methyl sites for hydroxylation is 2. The van der Waals surface area contributed by atoms with E-state index in [0.717, 1.165) is 11.2 Å². The van der Waals surface area contributed by atoms with E-state index in [4.69, 9.17) is 4.42 Å². The fourth-order valence-electron chi connectivity index (χ4n) is 2.35. The van der Waals surface area contributed by atoms with E-state index in [1.54, 1.807) is 0 Å². The highest BCUT2D eigenvalue weighted by atomic mass is 16.3. The van der Waals surface area contributed by atoms with Crippen molar-refractivity contribution in [1.82, 2.24) is 0 Å². The molecular formula is C15H14O. The molecule has 1 nitrogen and oxygen atoms in total. The molecule has 16 heavy (non-hydrogen) atoms. The fraction of sp³-hybridized carbons (Fsp3) is 0.200. The first kappa shape index (κ1) is 9.46. The molecule has 2 bridgehead atoms. The molecule has 0 N–H and O–H groups in total. The SMILES string of the molecule is Cc1ccc(C)c(-c2cc3ccc2o3)c1C. The molecule has 0 saturated carbocycles. The summed E-state index contributed by atoms with van der Waals surface area (Å²) < 4.78 is 5.62. The van der Waals surface area contributed by atoms with E-state index in [1.165, 1.54) is 27.8 Å². The number of rotatable bonds is 1. The lowest BCUT2D eigenvalue weighted by Crippen LogP contribution is -1.90. The Morgan fingerprint density at radius 1 is 0.875 bits per heavy atom.